The molecule has 1 aliphatic rings. The highest BCUT2D eigenvalue weighted by Crippen LogP contribution is 2.33. The summed E-state index contributed by atoms with van der Waals surface area (Å²) in [5.74, 6) is -1.71. The summed E-state index contributed by atoms with van der Waals surface area (Å²) in [6, 6.07) is 0. The number of likely N-dealkylation sites (N-methyl/N-ethyl adjacent to an activating group) is 1. The quantitative estimate of drug-likeness (QED) is 0.700. The average molecular weight is 257 g/mol. The molecule has 1 amide bonds. The van der Waals surface area contributed by atoms with E-state index in [1.54, 1.807) is 4.90 Å². The number of aliphatic carboxylic acids is 1. The van der Waals surface area contributed by atoms with Crippen molar-refractivity contribution in [3.05, 3.63) is 0 Å². The fraction of sp³-hybridized carbons (Fsp3) is 0.846. The Kier molecular flexibility index (Phi) is 6.12. The minimum atomic E-state index is -0.841. The molecule has 1 rings (SSSR count). The van der Waals surface area contributed by atoms with Gasteiger partial charge in [0.2, 0.25) is 5.91 Å². The number of rotatable bonds is 7. The van der Waals surface area contributed by atoms with Gasteiger partial charge in [0.25, 0.3) is 0 Å². The van der Waals surface area contributed by atoms with E-state index in [-0.39, 0.29) is 11.8 Å². The van der Waals surface area contributed by atoms with Crippen LogP contribution in [0.2, 0.25) is 0 Å². The van der Waals surface area contributed by atoms with Crippen molar-refractivity contribution in [1.82, 2.24) is 4.90 Å². The third-order valence-electron chi connectivity index (χ3n) is 3.55. The SMILES string of the molecule is CCOCCN(CC)C(=O)[C@@H]1CCC[C@@H]1C(=O)O. The smallest absolute Gasteiger partial charge is 0.307 e. The van der Waals surface area contributed by atoms with Crippen LogP contribution in [0.3, 0.4) is 0 Å². The monoisotopic (exact) mass is 257 g/mol. The zero-order valence-electron chi connectivity index (χ0n) is 11.2. The van der Waals surface area contributed by atoms with E-state index in [2.05, 4.69) is 0 Å². The molecule has 18 heavy (non-hydrogen) atoms. The first-order valence-electron chi connectivity index (χ1n) is 6.71. The molecular formula is C13H23NO4. The third-order valence-corrected chi connectivity index (χ3v) is 3.55. The van der Waals surface area contributed by atoms with Crippen LogP contribution in [-0.4, -0.2) is 48.2 Å². The van der Waals surface area contributed by atoms with E-state index in [9.17, 15) is 9.59 Å². The van der Waals surface area contributed by atoms with Crippen LogP contribution in [-0.2, 0) is 14.3 Å². The second-order valence-corrected chi connectivity index (χ2v) is 4.60. The summed E-state index contributed by atoms with van der Waals surface area (Å²) in [6.45, 7) is 6.12. The molecule has 0 aliphatic heterocycles. The number of carboxylic acid groups (broad SMARTS) is 1. The Morgan fingerprint density at radius 2 is 1.94 bits per heavy atom. The number of hydrogen-bond acceptors (Lipinski definition) is 3. The molecule has 0 aromatic carbocycles. The van der Waals surface area contributed by atoms with E-state index in [0.29, 0.717) is 39.1 Å². The molecule has 1 fully saturated rings. The lowest BCUT2D eigenvalue weighted by Crippen LogP contribution is -2.40. The van der Waals surface area contributed by atoms with Crippen molar-refractivity contribution in [3.8, 4) is 0 Å². The molecule has 0 bridgehead atoms. The number of ether oxygens (including phenoxy) is 1. The molecule has 0 aromatic rings. The number of nitrogens with zero attached hydrogens (tertiary/aromatic N) is 1. The molecule has 5 nitrogen and oxygen atoms in total. The molecule has 1 aliphatic carbocycles. The normalized spacial score (nSPS) is 23.0. The first-order chi connectivity index (χ1) is 8.61. The van der Waals surface area contributed by atoms with Gasteiger partial charge >= 0.3 is 5.97 Å². The lowest BCUT2D eigenvalue weighted by atomic mass is 9.95. The highest BCUT2D eigenvalue weighted by molar-refractivity contribution is 5.85. The van der Waals surface area contributed by atoms with Gasteiger partial charge in [-0.1, -0.05) is 6.42 Å². The molecule has 0 saturated heterocycles. The van der Waals surface area contributed by atoms with Crippen molar-refractivity contribution in [3.63, 3.8) is 0 Å². The number of carbonyl (C=O) groups is 2. The Balaban J connectivity index is 2.57. The van der Waals surface area contributed by atoms with Gasteiger partial charge in [-0.15, -0.1) is 0 Å². The molecular weight excluding hydrogens is 234 g/mol. The van der Waals surface area contributed by atoms with Crippen LogP contribution < -0.4 is 0 Å². The molecule has 0 spiro atoms. The first kappa shape index (κ1) is 15.0. The molecule has 104 valence electrons. The number of carboxylic acids is 1. The number of hydrogen-bond donors (Lipinski definition) is 1. The summed E-state index contributed by atoms with van der Waals surface area (Å²) in [5.41, 5.74) is 0. The summed E-state index contributed by atoms with van der Waals surface area (Å²) in [4.78, 5) is 25.1. The van der Waals surface area contributed by atoms with E-state index < -0.39 is 11.9 Å². The Morgan fingerprint density at radius 1 is 1.28 bits per heavy atom. The van der Waals surface area contributed by atoms with E-state index in [0.717, 1.165) is 6.42 Å². The summed E-state index contributed by atoms with van der Waals surface area (Å²) < 4.78 is 5.24. The molecule has 5 heteroatoms. The third kappa shape index (κ3) is 3.70. The Labute approximate surface area is 108 Å². The summed E-state index contributed by atoms with van der Waals surface area (Å²) in [7, 11) is 0. The van der Waals surface area contributed by atoms with E-state index >= 15 is 0 Å². The Hall–Kier alpha value is -1.10. The maximum Gasteiger partial charge on any atom is 0.307 e. The molecule has 0 unspecified atom stereocenters. The zero-order chi connectivity index (χ0) is 13.5. The highest BCUT2D eigenvalue weighted by atomic mass is 16.5. The van der Waals surface area contributed by atoms with Crippen LogP contribution in [0.5, 0.6) is 0 Å². The largest absolute Gasteiger partial charge is 0.481 e. The van der Waals surface area contributed by atoms with Crippen molar-refractivity contribution in [2.75, 3.05) is 26.3 Å². The molecule has 2 atom stereocenters. The number of amides is 1. The Morgan fingerprint density at radius 3 is 2.50 bits per heavy atom. The van der Waals surface area contributed by atoms with Gasteiger partial charge in [0.05, 0.1) is 18.4 Å². The molecule has 1 N–H and O–H groups in total. The van der Waals surface area contributed by atoms with Crippen molar-refractivity contribution in [2.24, 2.45) is 11.8 Å². The highest BCUT2D eigenvalue weighted by Gasteiger charge is 2.39. The van der Waals surface area contributed by atoms with Gasteiger partial charge in [-0.25, -0.2) is 0 Å². The second kappa shape index (κ2) is 7.36. The van der Waals surface area contributed by atoms with Crippen LogP contribution in [0.4, 0.5) is 0 Å². The fourth-order valence-corrected chi connectivity index (χ4v) is 2.53. The van der Waals surface area contributed by atoms with Crippen molar-refractivity contribution in [2.45, 2.75) is 33.1 Å². The number of carbonyl (C=O) groups excluding carboxylic acids is 1. The standard InChI is InChI=1S/C13H23NO4/c1-3-14(8-9-18-4-2)12(15)10-6-5-7-11(10)13(16)17/h10-11H,3-9H2,1-2H3,(H,16,17)/t10-,11+/m1/s1. The van der Waals surface area contributed by atoms with Crippen molar-refractivity contribution >= 4 is 11.9 Å². The fourth-order valence-electron chi connectivity index (χ4n) is 2.53. The maximum atomic E-state index is 12.3. The molecule has 0 heterocycles. The minimum absolute atomic E-state index is 0.0258. The summed E-state index contributed by atoms with van der Waals surface area (Å²) >= 11 is 0. The first-order valence-corrected chi connectivity index (χ1v) is 6.71. The molecule has 0 radical (unpaired) electrons. The summed E-state index contributed by atoms with van der Waals surface area (Å²) in [6.07, 6.45) is 2.14. The van der Waals surface area contributed by atoms with Crippen LogP contribution in [0.1, 0.15) is 33.1 Å². The molecule has 1 saturated carbocycles. The topological polar surface area (TPSA) is 66.8 Å². The van der Waals surface area contributed by atoms with E-state index in [1.165, 1.54) is 0 Å². The van der Waals surface area contributed by atoms with Crippen molar-refractivity contribution in [1.29, 1.82) is 0 Å². The van der Waals surface area contributed by atoms with Crippen LogP contribution in [0, 0.1) is 11.8 Å². The predicted molar refractivity (Wildman–Crippen MR) is 67.2 cm³/mol. The summed E-state index contributed by atoms with van der Waals surface area (Å²) in [5, 5.41) is 9.11. The van der Waals surface area contributed by atoms with Crippen LogP contribution in [0.15, 0.2) is 0 Å². The van der Waals surface area contributed by atoms with Crippen molar-refractivity contribution < 1.29 is 19.4 Å². The van der Waals surface area contributed by atoms with Gasteiger partial charge < -0.3 is 14.7 Å². The van der Waals surface area contributed by atoms with E-state index in [4.69, 9.17) is 9.84 Å². The zero-order valence-corrected chi connectivity index (χ0v) is 11.2. The average Bonchev–Trinajstić information content (AvgIpc) is 2.83. The molecule has 0 aromatic heterocycles. The predicted octanol–water partition coefficient (Wildman–Crippen LogP) is 1.37. The van der Waals surface area contributed by atoms with Gasteiger partial charge in [0.1, 0.15) is 0 Å². The van der Waals surface area contributed by atoms with E-state index in [1.807, 2.05) is 13.8 Å². The maximum absolute atomic E-state index is 12.3. The van der Waals surface area contributed by atoms with Gasteiger partial charge in [-0.2, -0.15) is 0 Å². The van der Waals surface area contributed by atoms with Crippen LogP contribution >= 0.6 is 0 Å². The van der Waals surface area contributed by atoms with Gasteiger partial charge in [-0.3, -0.25) is 9.59 Å². The minimum Gasteiger partial charge on any atom is -0.481 e. The second-order valence-electron chi connectivity index (χ2n) is 4.60. The van der Waals surface area contributed by atoms with Gasteiger partial charge in [-0.05, 0) is 26.7 Å². The van der Waals surface area contributed by atoms with Gasteiger partial charge in [0, 0.05) is 19.7 Å². The van der Waals surface area contributed by atoms with Gasteiger partial charge in [0.15, 0.2) is 0 Å². The van der Waals surface area contributed by atoms with Crippen LogP contribution in [0.25, 0.3) is 0 Å². The Bertz CT molecular complexity index is 293. The lowest BCUT2D eigenvalue weighted by molar-refractivity contribution is -0.149. The lowest BCUT2D eigenvalue weighted by Gasteiger charge is -2.26.